The van der Waals surface area contributed by atoms with Gasteiger partial charge < -0.3 is 9.88 Å². The summed E-state index contributed by atoms with van der Waals surface area (Å²) >= 11 is 0. The maximum Gasteiger partial charge on any atom is 0.105 e. The molecule has 1 saturated heterocycles. The van der Waals surface area contributed by atoms with Gasteiger partial charge in [0.25, 0.3) is 0 Å². The first-order chi connectivity index (χ1) is 8.74. The van der Waals surface area contributed by atoms with Crippen LogP contribution in [-0.2, 0) is 6.54 Å². The zero-order valence-corrected chi connectivity index (χ0v) is 11.5. The number of aromatic nitrogens is 2. The van der Waals surface area contributed by atoms with Crippen LogP contribution in [0.1, 0.15) is 25.6 Å². The Hall–Kier alpha value is -0.870. The molecular weight excluding hydrogens is 224 g/mol. The number of aryl methyl sites for hydroxylation is 1. The van der Waals surface area contributed by atoms with Crippen LogP contribution in [0, 0.1) is 12.8 Å². The topological polar surface area (TPSA) is 33.1 Å². The van der Waals surface area contributed by atoms with Crippen molar-refractivity contribution < 1.29 is 0 Å². The van der Waals surface area contributed by atoms with E-state index in [1.54, 1.807) is 0 Å². The maximum absolute atomic E-state index is 4.28. The Kier molecular flexibility index (Phi) is 3.39. The highest BCUT2D eigenvalue weighted by molar-refractivity contribution is 4.94. The van der Waals surface area contributed by atoms with Gasteiger partial charge in [-0.25, -0.2) is 4.98 Å². The van der Waals surface area contributed by atoms with Gasteiger partial charge in [0.15, 0.2) is 0 Å². The van der Waals surface area contributed by atoms with Gasteiger partial charge in [-0.15, -0.1) is 0 Å². The molecule has 1 N–H and O–H groups in total. The average molecular weight is 248 g/mol. The van der Waals surface area contributed by atoms with Crippen LogP contribution >= 0.6 is 0 Å². The third-order valence-corrected chi connectivity index (χ3v) is 4.47. The summed E-state index contributed by atoms with van der Waals surface area (Å²) in [5.41, 5.74) is 0. The molecule has 2 fully saturated rings. The SMILES string of the molecule is Cc1nccn1CCN1CC(C2CC2)NCC1C. The van der Waals surface area contributed by atoms with E-state index in [-0.39, 0.29) is 0 Å². The quantitative estimate of drug-likeness (QED) is 0.871. The fourth-order valence-corrected chi connectivity index (χ4v) is 2.95. The van der Waals surface area contributed by atoms with Gasteiger partial charge in [-0.1, -0.05) is 0 Å². The van der Waals surface area contributed by atoms with Crippen molar-refractivity contribution in [3.8, 4) is 0 Å². The first-order valence-corrected chi connectivity index (χ1v) is 7.19. The molecular formula is C14H24N4. The second-order valence-electron chi connectivity index (χ2n) is 5.86. The lowest BCUT2D eigenvalue weighted by Gasteiger charge is -2.39. The van der Waals surface area contributed by atoms with Crippen molar-refractivity contribution in [2.45, 2.75) is 45.3 Å². The van der Waals surface area contributed by atoms with E-state index in [1.807, 2.05) is 6.20 Å². The summed E-state index contributed by atoms with van der Waals surface area (Å²) in [5.74, 6) is 2.08. The molecule has 100 valence electrons. The highest BCUT2D eigenvalue weighted by atomic mass is 15.2. The maximum atomic E-state index is 4.28. The van der Waals surface area contributed by atoms with Crippen molar-refractivity contribution in [1.82, 2.24) is 19.8 Å². The highest BCUT2D eigenvalue weighted by Gasteiger charge is 2.35. The summed E-state index contributed by atoms with van der Waals surface area (Å²) in [6, 6.07) is 1.40. The number of nitrogens with zero attached hydrogens (tertiary/aromatic N) is 3. The number of rotatable bonds is 4. The summed E-state index contributed by atoms with van der Waals surface area (Å²) in [6.45, 7) is 8.98. The fourth-order valence-electron chi connectivity index (χ4n) is 2.95. The van der Waals surface area contributed by atoms with Crippen molar-refractivity contribution >= 4 is 0 Å². The predicted octanol–water partition coefficient (Wildman–Crippen LogP) is 1.26. The molecule has 4 heteroatoms. The van der Waals surface area contributed by atoms with Gasteiger partial charge in [0.05, 0.1) is 0 Å². The van der Waals surface area contributed by atoms with Gasteiger partial charge in [-0.3, -0.25) is 4.90 Å². The number of hydrogen-bond donors (Lipinski definition) is 1. The molecule has 0 radical (unpaired) electrons. The van der Waals surface area contributed by atoms with Crippen molar-refractivity contribution in [2.24, 2.45) is 5.92 Å². The predicted molar refractivity (Wildman–Crippen MR) is 72.5 cm³/mol. The zero-order chi connectivity index (χ0) is 12.5. The fraction of sp³-hybridized carbons (Fsp3) is 0.786. The number of imidazole rings is 1. The van der Waals surface area contributed by atoms with Gasteiger partial charge in [0.2, 0.25) is 0 Å². The second kappa shape index (κ2) is 5.02. The second-order valence-corrected chi connectivity index (χ2v) is 5.86. The Morgan fingerprint density at radius 2 is 2.22 bits per heavy atom. The molecule has 1 aliphatic carbocycles. The highest BCUT2D eigenvalue weighted by Crippen LogP contribution is 2.34. The number of nitrogens with one attached hydrogen (secondary N) is 1. The van der Waals surface area contributed by atoms with E-state index < -0.39 is 0 Å². The van der Waals surface area contributed by atoms with Crippen LogP contribution in [0.2, 0.25) is 0 Å². The monoisotopic (exact) mass is 248 g/mol. The van der Waals surface area contributed by atoms with E-state index >= 15 is 0 Å². The summed E-state index contributed by atoms with van der Waals surface area (Å²) < 4.78 is 2.25. The Morgan fingerprint density at radius 3 is 2.89 bits per heavy atom. The lowest BCUT2D eigenvalue weighted by molar-refractivity contribution is 0.128. The molecule has 18 heavy (non-hydrogen) atoms. The number of piperazine rings is 1. The summed E-state index contributed by atoms with van der Waals surface area (Å²) in [6.07, 6.45) is 6.84. The molecule has 1 aromatic rings. The Bertz CT molecular complexity index is 396. The van der Waals surface area contributed by atoms with Crippen molar-refractivity contribution in [1.29, 1.82) is 0 Å². The van der Waals surface area contributed by atoms with Crippen LogP contribution in [0.4, 0.5) is 0 Å². The third kappa shape index (κ3) is 2.59. The van der Waals surface area contributed by atoms with Gasteiger partial charge in [0.1, 0.15) is 5.82 Å². The molecule has 0 bridgehead atoms. The van der Waals surface area contributed by atoms with E-state index in [2.05, 4.69) is 39.8 Å². The normalized spacial score (nSPS) is 29.7. The van der Waals surface area contributed by atoms with Crippen LogP contribution in [-0.4, -0.2) is 46.2 Å². The molecule has 0 aromatic carbocycles. The number of hydrogen-bond acceptors (Lipinski definition) is 3. The molecule has 2 atom stereocenters. The van der Waals surface area contributed by atoms with Crippen molar-refractivity contribution in [3.63, 3.8) is 0 Å². The van der Waals surface area contributed by atoms with E-state index in [4.69, 9.17) is 0 Å². The minimum Gasteiger partial charge on any atom is -0.334 e. The van der Waals surface area contributed by atoms with Crippen molar-refractivity contribution in [3.05, 3.63) is 18.2 Å². The first-order valence-electron chi connectivity index (χ1n) is 7.19. The van der Waals surface area contributed by atoms with Crippen LogP contribution in [0.15, 0.2) is 12.4 Å². The van der Waals surface area contributed by atoms with E-state index in [0.717, 1.165) is 37.4 Å². The largest absolute Gasteiger partial charge is 0.334 e. The van der Waals surface area contributed by atoms with E-state index in [0.29, 0.717) is 6.04 Å². The standard InChI is InChI=1S/C14H24N4/c1-11-9-16-14(13-3-4-13)10-18(11)8-7-17-6-5-15-12(17)2/h5-6,11,13-14,16H,3-4,7-10H2,1-2H3. The van der Waals surface area contributed by atoms with Crippen LogP contribution in [0.5, 0.6) is 0 Å². The molecule has 1 saturated carbocycles. The molecule has 4 nitrogen and oxygen atoms in total. The van der Waals surface area contributed by atoms with Crippen LogP contribution in [0.3, 0.4) is 0 Å². The smallest absolute Gasteiger partial charge is 0.105 e. The lowest BCUT2D eigenvalue weighted by Crippen LogP contribution is -2.56. The summed E-state index contributed by atoms with van der Waals surface area (Å²) in [7, 11) is 0. The molecule has 1 aromatic heterocycles. The molecule has 0 amide bonds. The summed E-state index contributed by atoms with van der Waals surface area (Å²) in [4.78, 5) is 6.92. The Balaban J connectivity index is 1.55. The molecule has 2 aliphatic rings. The average Bonchev–Trinajstić information content (AvgIpc) is 3.13. The third-order valence-electron chi connectivity index (χ3n) is 4.47. The van der Waals surface area contributed by atoms with Gasteiger partial charge in [-0.05, 0) is 32.6 Å². The van der Waals surface area contributed by atoms with Crippen LogP contribution < -0.4 is 5.32 Å². The molecule has 0 spiro atoms. The zero-order valence-electron chi connectivity index (χ0n) is 11.5. The summed E-state index contributed by atoms with van der Waals surface area (Å²) in [5, 5.41) is 3.70. The minimum atomic E-state index is 0.656. The Labute approximate surface area is 109 Å². The minimum absolute atomic E-state index is 0.656. The first kappa shape index (κ1) is 12.2. The van der Waals surface area contributed by atoms with E-state index in [1.165, 1.54) is 19.4 Å². The van der Waals surface area contributed by atoms with E-state index in [9.17, 15) is 0 Å². The van der Waals surface area contributed by atoms with Gasteiger partial charge in [0, 0.05) is 50.7 Å². The van der Waals surface area contributed by atoms with Gasteiger partial charge >= 0.3 is 0 Å². The molecule has 2 unspecified atom stereocenters. The molecule has 3 rings (SSSR count). The lowest BCUT2D eigenvalue weighted by atomic mass is 10.1. The van der Waals surface area contributed by atoms with Crippen LogP contribution in [0.25, 0.3) is 0 Å². The van der Waals surface area contributed by atoms with Gasteiger partial charge in [-0.2, -0.15) is 0 Å². The molecule has 1 aliphatic heterocycles. The molecule has 2 heterocycles. The van der Waals surface area contributed by atoms with Crippen molar-refractivity contribution in [2.75, 3.05) is 19.6 Å². The Morgan fingerprint density at radius 1 is 1.39 bits per heavy atom.